The van der Waals surface area contributed by atoms with Crippen LogP contribution in [0.4, 0.5) is 5.69 Å². The van der Waals surface area contributed by atoms with E-state index in [1.807, 2.05) is 30.3 Å². The normalized spacial score (nSPS) is 14.8. The Morgan fingerprint density at radius 3 is 2.40 bits per heavy atom. The smallest absolute Gasteiger partial charge is 0.273 e. The molecule has 7 nitrogen and oxygen atoms in total. The average molecular weight is 409 g/mol. The topological polar surface area (TPSA) is 92.6 Å². The largest absolute Gasteiger partial charge is 0.352 e. The van der Waals surface area contributed by atoms with Gasteiger partial charge in [-0.15, -0.1) is 0 Å². The zero-order chi connectivity index (χ0) is 21.5. The highest BCUT2D eigenvalue weighted by molar-refractivity contribution is 5.88. The van der Waals surface area contributed by atoms with Gasteiger partial charge in [-0.1, -0.05) is 61.4 Å². The summed E-state index contributed by atoms with van der Waals surface area (Å²) < 4.78 is 0. The molecule has 2 aromatic carbocycles. The molecule has 1 atom stereocenters. The molecule has 0 spiro atoms. The fraction of sp³-hybridized carbons (Fsp3) is 0.391. The second-order valence-electron chi connectivity index (χ2n) is 7.74. The molecule has 30 heavy (non-hydrogen) atoms. The van der Waals surface area contributed by atoms with Crippen molar-refractivity contribution in [3.63, 3.8) is 0 Å². The van der Waals surface area contributed by atoms with E-state index in [4.69, 9.17) is 0 Å². The molecule has 1 N–H and O–H groups in total. The predicted molar refractivity (Wildman–Crippen MR) is 114 cm³/mol. The van der Waals surface area contributed by atoms with Crippen LogP contribution in [0.1, 0.15) is 43.7 Å². The summed E-state index contributed by atoms with van der Waals surface area (Å²) in [6, 6.07) is 15.1. The van der Waals surface area contributed by atoms with Crippen LogP contribution in [-0.4, -0.2) is 33.7 Å². The third-order valence-corrected chi connectivity index (χ3v) is 5.59. The van der Waals surface area contributed by atoms with Crippen LogP contribution in [0, 0.1) is 10.1 Å². The van der Waals surface area contributed by atoms with E-state index in [-0.39, 0.29) is 36.5 Å². The molecule has 2 amide bonds. The van der Waals surface area contributed by atoms with E-state index in [2.05, 4.69) is 5.32 Å². The summed E-state index contributed by atoms with van der Waals surface area (Å²) in [5.41, 5.74) is 1.15. The van der Waals surface area contributed by atoms with Gasteiger partial charge in [-0.05, 0) is 25.3 Å². The van der Waals surface area contributed by atoms with Crippen molar-refractivity contribution in [3.8, 4) is 0 Å². The van der Waals surface area contributed by atoms with Crippen LogP contribution in [-0.2, 0) is 22.6 Å². The van der Waals surface area contributed by atoms with E-state index in [0.717, 1.165) is 31.2 Å². The van der Waals surface area contributed by atoms with Crippen LogP contribution in [0.25, 0.3) is 0 Å². The molecular weight excluding hydrogens is 382 g/mol. The van der Waals surface area contributed by atoms with Gasteiger partial charge in [-0.3, -0.25) is 19.7 Å². The van der Waals surface area contributed by atoms with E-state index >= 15 is 0 Å². The van der Waals surface area contributed by atoms with E-state index in [9.17, 15) is 19.7 Å². The van der Waals surface area contributed by atoms with Crippen LogP contribution >= 0.6 is 0 Å². The van der Waals surface area contributed by atoms with Crippen molar-refractivity contribution in [3.05, 3.63) is 75.8 Å². The number of nitro benzene ring substituents is 1. The quantitative estimate of drug-likeness (QED) is 0.532. The van der Waals surface area contributed by atoms with Crippen molar-refractivity contribution in [1.29, 1.82) is 0 Å². The molecule has 158 valence electrons. The van der Waals surface area contributed by atoms with Gasteiger partial charge in [0, 0.05) is 24.2 Å². The minimum Gasteiger partial charge on any atom is -0.352 e. The lowest BCUT2D eigenvalue weighted by Gasteiger charge is -2.30. The van der Waals surface area contributed by atoms with Gasteiger partial charge in [0.25, 0.3) is 5.69 Å². The molecule has 0 heterocycles. The highest BCUT2D eigenvalue weighted by atomic mass is 16.6. The van der Waals surface area contributed by atoms with E-state index in [0.29, 0.717) is 5.56 Å². The second kappa shape index (κ2) is 10.0. The maximum absolute atomic E-state index is 13.2. The number of nitro groups is 1. The molecule has 2 aromatic rings. The number of para-hydroxylation sites is 1. The number of rotatable bonds is 8. The van der Waals surface area contributed by atoms with Crippen LogP contribution in [0.3, 0.4) is 0 Å². The zero-order valence-electron chi connectivity index (χ0n) is 17.1. The molecule has 1 aliphatic carbocycles. The molecule has 0 saturated heterocycles. The summed E-state index contributed by atoms with van der Waals surface area (Å²) in [5, 5.41) is 14.4. The molecule has 1 saturated carbocycles. The summed E-state index contributed by atoms with van der Waals surface area (Å²) in [7, 11) is 0. The second-order valence-corrected chi connectivity index (χ2v) is 7.74. The number of nitrogens with zero attached hydrogens (tertiary/aromatic N) is 2. The third kappa shape index (κ3) is 5.43. The Hall–Kier alpha value is -3.22. The molecule has 0 bridgehead atoms. The maximum Gasteiger partial charge on any atom is 0.273 e. The van der Waals surface area contributed by atoms with Crippen LogP contribution < -0.4 is 5.32 Å². The average Bonchev–Trinajstić information content (AvgIpc) is 3.25. The summed E-state index contributed by atoms with van der Waals surface area (Å²) in [4.78, 5) is 38.4. The van der Waals surface area contributed by atoms with Crippen LogP contribution in [0.5, 0.6) is 0 Å². The van der Waals surface area contributed by atoms with Crippen molar-refractivity contribution in [2.45, 2.75) is 57.7 Å². The first kappa shape index (κ1) is 21.5. The molecule has 3 rings (SSSR count). The number of hydrogen-bond acceptors (Lipinski definition) is 4. The first-order chi connectivity index (χ1) is 14.5. The van der Waals surface area contributed by atoms with E-state index < -0.39 is 11.0 Å². The van der Waals surface area contributed by atoms with Gasteiger partial charge in [0.2, 0.25) is 11.8 Å². The van der Waals surface area contributed by atoms with Crippen molar-refractivity contribution in [2.24, 2.45) is 0 Å². The number of benzene rings is 2. The lowest BCUT2D eigenvalue weighted by atomic mass is 10.1. The Morgan fingerprint density at radius 2 is 1.73 bits per heavy atom. The van der Waals surface area contributed by atoms with Gasteiger partial charge in [0.05, 0.1) is 11.3 Å². The number of carbonyl (C=O) groups excluding carboxylic acids is 2. The molecule has 1 aliphatic rings. The monoisotopic (exact) mass is 409 g/mol. The van der Waals surface area contributed by atoms with E-state index in [1.54, 1.807) is 25.1 Å². The van der Waals surface area contributed by atoms with Gasteiger partial charge in [-0.2, -0.15) is 0 Å². The Kier molecular flexibility index (Phi) is 7.17. The zero-order valence-corrected chi connectivity index (χ0v) is 17.1. The number of carbonyl (C=O) groups is 2. The molecule has 1 unspecified atom stereocenters. The van der Waals surface area contributed by atoms with Gasteiger partial charge in [-0.25, -0.2) is 0 Å². The summed E-state index contributed by atoms with van der Waals surface area (Å²) in [5.74, 6) is -0.504. The van der Waals surface area contributed by atoms with Gasteiger partial charge >= 0.3 is 0 Å². The number of hydrogen-bond donors (Lipinski definition) is 1. The summed E-state index contributed by atoms with van der Waals surface area (Å²) in [6.45, 7) is 1.98. The Morgan fingerprint density at radius 1 is 1.10 bits per heavy atom. The first-order valence-electron chi connectivity index (χ1n) is 10.3. The van der Waals surface area contributed by atoms with Crippen LogP contribution in [0.15, 0.2) is 54.6 Å². The molecule has 0 radical (unpaired) electrons. The molecule has 0 aromatic heterocycles. The standard InChI is InChI=1S/C23H27N3O4/c1-17(23(28)24-20-12-6-7-13-20)25(16-18-9-3-2-4-10-18)22(27)15-19-11-5-8-14-21(19)26(29)30/h2-5,8-11,14,17,20H,6-7,12-13,15-16H2,1H3,(H,24,28). The SMILES string of the molecule is CC(C(=O)NC1CCCC1)N(Cc1ccccc1)C(=O)Cc1ccccc1[N+](=O)[O-]. The minimum absolute atomic E-state index is 0.0893. The fourth-order valence-electron chi connectivity index (χ4n) is 3.86. The fourth-order valence-corrected chi connectivity index (χ4v) is 3.86. The lowest BCUT2D eigenvalue weighted by Crippen LogP contribution is -2.50. The third-order valence-electron chi connectivity index (χ3n) is 5.59. The lowest BCUT2D eigenvalue weighted by molar-refractivity contribution is -0.385. The maximum atomic E-state index is 13.2. The molecule has 7 heteroatoms. The Labute approximate surface area is 176 Å². The highest BCUT2D eigenvalue weighted by Crippen LogP contribution is 2.21. The van der Waals surface area contributed by atoms with Crippen molar-refractivity contribution < 1.29 is 14.5 Å². The summed E-state index contributed by atoms with van der Waals surface area (Å²) >= 11 is 0. The first-order valence-corrected chi connectivity index (χ1v) is 10.3. The molecule has 0 aliphatic heterocycles. The molecular formula is C23H27N3O4. The number of nitrogens with one attached hydrogen (secondary N) is 1. The Bertz CT molecular complexity index is 894. The van der Waals surface area contributed by atoms with Gasteiger partial charge in [0.1, 0.15) is 6.04 Å². The Balaban J connectivity index is 1.80. The van der Waals surface area contributed by atoms with Crippen molar-refractivity contribution in [1.82, 2.24) is 10.2 Å². The van der Waals surface area contributed by atoms with Crippen molar-refractivity contribution >= 4 is 17.5 Å². The molecule has 1 fully saturated rings. The summed E-state index contributed by atoms with van der Waals surface area (Å²) in [6.07, 6.45) is 3.99. The van der Waals surface area contributed by atoms with Crippen molar-refractivity contribution in [2.75, 3.05) is 0 Å². The highest BCUT2D eigenvalue weighted by Gasteiger charge is 2.29. The van der Waals surface area contributed by atoms with E-state index in [1.165, 1.54) is 11.0 Å². The number of amides is 2. The predicted octanol–water partition coefficient (Wildman–Crippen LogP) is 3.61. The minimum atomic E-state index is -0.680. The van der Waals surface area contributed by atoms with Gasteiger partial charge in [0.15, 0.2) is 0 Å². The van der Waals surface area contributed by atoms with Crippen LogP contribution in [0.2, 0.25) is 0 Å². The van der Waals surface area contributed by atoms with Gasteiger partial charge < -0.3 is 10.2 Å².